The summed E-state index contributed by atoms with van der Waals surface area (Å²) in [5, 5.41) is 1.24. The van der Waals surface area contributed by atoms with E-state index in [0.29, 0.717) is 27.5 Å². The number of rotatable bonds is 12. The van der Waals surface area contributed by atoms with Gasteiger partial charge in [0.2, 0.25) is 5.89 Å². The second-order valence-electron chi connectivity index (χ2n) is 11.3. The third-order valence-electron chi connectivity index (χ3n) is 8.55. The van der Waals surface area contributed by atoms with Gasteiger partial charge >= 0.3 is 0 Å². The molecule has 6 nitrogen and oxygen atoms in total. The molecule has 0 bridgehead atoms. The molecule has 0 fully saturated rings. The van der Waals surface area contributed by atoms with Crippen LogP contribution in [0.15, 0.2) is 101 Å². The molecule has 2 aromatic heterocycles. The maximum atomic E-state index is 6.69. The topological polar surface area (TPSA) is 61.2 Å². The summed E-state index contributed by atoms with van der Waals surface area (Å²) in [5.74, 6) is 1.70. The fourth-order valence-electron chi connectivity index (χ4n) is 5.96. The van der Waals surface area contributed by atoms with E-state index in [2.05, 4.69) is 91.0 Å². The third kappa shape index (κ3) is 6.91. The van der Waals surface area contributed by atoms with Crippen LogP contribution in [0.25, 0.3) is 57.2 Å². The van der Waals surface area contributed by atoms with Crippen LogP contribution in [0.4, 0.5) is 11.4 Å². The van der Waals surface area contributed by atoms with Crippen molar-refractivity contribution >= 4 is 46.7 Å². The van der Waals surface area contributed by atoms with Crippen molar-refractivity contribution in [1.29, 1.82) is 0 Å². The van der Waals surface area contributed by atoms with Crippen molar-refractivity contribution in [2.24, 2.45) is 0 Å². The van der Waals surface area contributed by atoms with Crippen LogP contribution in [0.3, 0.4) is 0 Å². The zero-order valence-corrected chi connectivity index (χ0v) is 29.2. The number of oxazole rings is 1. The van der Waals surface area contributed by atoms with Gasteiger partial charge in [-0.2, -0.15) is 0 Å². The van der Waals surface area contributed by atoms with Gasteiger partial charge in [-0.15, -0.1) is 0 Å². The first-order valence-electron chi connectivity index (χ1n) is 16.4. The number of imidazole rings is 1. The van der Waals surface area contributed by atoms with Gasteiger partial charge in [0.15, 0.2) is 5.76 Å². The number of H-pyrrole nitrogens is 1. The highest BCUT2D eigenvalue weighted by atomic mass is 35.5. The van der Waals surface area contributed by atoms with E-state index in [4.69, 9.17) is 37.6 Å². The van der Waals surface area contributed by atoms with Gasteiger partial charge in [0.1, 0.15) is 11.5 Å². The van der Waals surface area contributed by atoms with Crippen molar-refractivity contribution in [2.75, 3.05) is 36.0 Å². The largest absolute Gasteiger partial charge is 0.436 e. The Kier molecular flexibility index (Phi) is 10.3. The summed E-state index contributed by atoms with van der Waals surface area (Å²) in [6, 6.07) is 32.4. The van der Waals surface area contributed by atoms with Gasteiger partial charge in [0, 0.05) is 70.9 Å². The monoisotopic (exact) mass is 675 g/mol. The first-order chi connectivity index (χ1) is 23.4. The first kappa shape index (κ1) is 33.1. The quantitative estimate of drug-likeness (QED) is 0.140. The van der Waals surface area contributed by atoms with Crippen LogP contribution in [0.1, 0.15) is 39.4 Å². The predicted molar refractivity (Wildman–Crippen MR) is 203 cm³/mol. The number of nitrogens with one attached hydrogen (secondary N) is 1. The molecule has 0 saturated heterocycles. The molecule has 0 aliphatic heterocycles. The minimum Gasteiger partial charge on any atom is -0.436 e. The van der Waals surface area contributed by atoms with Crippen LogP contribution < -0.4 is 9.80 Å². The molecule has 0 radical (unpaired) electrons. The molecular formula is C40H39Cl2N5O. The second kappa shape index (κ2) is 15.0. The van der Waals surface area contributed by atoms with Crippen molar-refractivity contribution in [3.05, 3.63) is 119 Å². The second-order valence-corrected chi connectivity index (χ2v) is 12.1. The van der Waals surface area contributed by atoms with Gasteiger partial charge in [-0.3, -0.25) is 0 Å². The average molecular weight is 677 g/mol. The van der Waals surface area contributed by atoms with Gasteiger partial charge < -0.3 is 19.2 Å². The number of anilines is 2. The van der Waals surface area contributed by atoms with Gasteiger partial charge in [0.05, 0.1) is 16.4 Å². The number of aromatic nitrogens is 3. The molecule has 4 aromatic carbocycles. The van der Waals surface area contributed by atoms with Gasteiger partial charge in [0.25, 0.3) is 0 Å². The highest BCUT2D eigenvalue weighted by Gasteiger charge is 2.20. The Bertz CT molecular complexity index is 1860. The Morgan fingerprint density at radius 3 is 1.62 bits per heavy atom. The molecule has 0 aliphatic rings. The Labute approximate surface area is 292 Å². The summed E-state index contributed by atoms with van der Waals surface area (Å²) in [4.78, 5) is 18.1. The molecule has 6 aromatic rings. The number of hydrogen-bond acceptors (Lipinski definition) is 5. The number of nitrogens with zero attached hydrogens (tertiary/aromatic N) is 4. The molecule has 8 heteroatoms. The number of halogens is 2. The van der Waals surface area contributed by atoms with E-state index in [1.165, 1.54) is 5.69 Å². The van der Waals surface area contributed by atoms with Crippen LogP contribution in [-0.2, 0) is 0 Å². The lowest BCUT2D eigenvalue weighted by Gasteiger charge is -2.21. The van der Waals surface area contributed by atoms with Crippen LogP contribution in [0, 0.1) is 0 Å². The summed E-state index contributed by atoms with van der Waals surface area (Å²) in [6.45, 7) is 12.4. The van der Waals surface area contributed by atoms with Crippen LogP contribution in [0.5, 0.6) is 0 Å². The maximum absolute atomic E-state index is 6.69. The van der Waals surface area contributed by atoms with Gasteiger partial charge in [-0.05, 0) is 76.2 Å². The maximum Gasteiger partial charge on any atom is 0.220 e. The lowest BCUT2D eigenvalue weighted by molar-refractivity contribution is 0.561. The van der Waals surface area contributed by atoms with E-state index >= 15 is 0 Å². The summed E-state index contributed by atoms with van der Waals surface area (Å²) in [6.07, 6.45) is 3.71. The van der Waals surface area contributed by atoms with Crippen LogP contribution in [-0.4, -0.2) is 41.1 Å². The van der Waals surface area contributed by atoms with E-state index in [-0.39, 0.29) is 0 Å². The summed E-state index contributed by atoms with van der Waals surface area (Å²) in [7, 11) is 0. The molecule has 48 heavy (non-hydrogen) atoms. The molecule has 2 heterocycles. The molecule has 1 N–H and O–H groups in total. The van der Waals surface area contributed by atoms with Crippen molar-refractivity contribution in [1.82, 2.24) is 15.0 Å². The smallest absolute Gasteiger partial charge is 0.220 e. The van der Waals surface area contributed by atoms with Gasteiger partial charge in [-0.1, -0.05) is 77.8 Å². The number of aromatic amines is 1. The molecule has 6 rings (SSSR count). The molecular weight excluding hydrogens is 637 g/mol. The number of benzene rings is 4. The van der Waals surface area contributed by atoms with E-state index in [0.717, 1.165) is 71.2 Å². The molecule has 0 atom stereocenters. The van der Waals surface area contributed by atoms with Crippen molar-refractivity contribution in [3.8, 4) is 45.1 Å². The average Bonchev–Trinajstić information content (AvgIpc) is 3.74. The summed E-state index contributed by atoms with van der Waals surface area (Å²) in [5.41, 5.74) is 8.31. The van der Waals surface area contributed by atoms with E-state index < -0.39 is 0 Å². The van der Waals surface area contributed by atoms with Crippen LogP contribution in [0.2, 0.25) is 10.0 Å². The zero-order valence-electron chi connectivity index (χ0n) is 27.7. The molecule has 244 valence electrons. The van der Waals surface area contributed by atoms with E-state index in [1.807, 2.05) is 60.7 Å². The van der Waals surface area contributed by atoms with Crippen molar-refractivity contribution in [3.63, 3.8) is 0 Å². The standard InChI is InChI=1S/C40H39Cl2N5O/c1-5-46(6-2)29-21-17-27(18-22-29)37-39(31-13-9-11-15-33(31)41)44-35(43-37)25-26-36-45-38(40(48-36)32-14-10-12-16-34(32)42)28-19-23-30(24-20-28)47(7-3)8-4/h9-26H,5-8H2,1-4H3,(H,43,44)/b26-25+. The Balaban J connectivity index is 1.39. The molecule has 0 amide bonds. The minimum absolute atomic E-state index is 0.438. The number of hydrogen-bond donors (Lipinski definition) is 1. The normalized spacial score (nSPS) is 11.4. The SMILES string of the molecule is CCN(CC)c1ccc(-c2nc(/C=C/c3nc(-c4ccc(N(CC)CC)cc4)c(-c4ccccc4Cl)o3)[nH]c2-c2ccccc2Cl)cc1. The van der Waals surface area contributed by atoms with Crippen molar-refractivity contribution < 1.29 is 4.42 Å². The van der Waals surface area contributed by atoms with Crippen molar-refractivity contribution in [2.45, 2.75) is 27.7 Å². The summed E-state index contributed by atoms with van der Waals surface area (Å²) < 4.78 is 6.40. The summed E-state index contributed by atoms with van der Waals surface area (Å²) >= 11 is 13.3. The Hall–Kier alpha value is -4.78. The molecule has 0 spiro atoms. The fourth-order valence-corrected chi connectivity index (χ4v) is 6.41. The lowest BCUT2D eigenvalue weighted by atomic mass is 10.0. The molecule has 0 saturated carbocycles. The zero-order chi connectivity index (χ0) is 33.6. The minimum atomic E-state index is 0.438. The van der Waals surface area contributed by atoms with E-state index in [9.17, 15) is 0 Å². The molecule has 0 unspecified atom stereocenters. The highest BCUT2D eigenvalue weighted by Crippen LogP contribution is 2.38. The van der Waals surface area contributed by atoms with E-state index in [1.54, 1.807) is 0 Å². The highest BCUT2D eigenvalue weighted by molar-refractivity contribution is 6.33. The Morgan fingerprint density at radius 2 is 1.10 bits per heavy atom. The molecule has 0 aliphatic carbocycles. The lowest BCUT2D eigenvalue weighted by Crippen LogP contribution is -2.21. The Morgan fingerprint density at radius 1 is 0.604 bits per heavy atom. The third-order valence-corrected chi connectivity index (χ3v) is 9.21. The van der Waals surface area contributed by atoms with Gasteiger partial charge in [-0.25, -0.2) is 9.97 Å². The first-order valence-corrected chi connectivity index (χ1v) is 17.2. The van der Waals surface area contributed by atoms with Crippen LogP contribution >= 0.6 is 23.2 Å². The predicted octanol–water partition coefficient (Wildman–Crippen LogP) is 11.2. The fraction of sp³-hybridized carbons (Fsp3) is 0.200.